The molecule has 1 aliphatic heterocycles. The van der Waals surface area contributed by atoms with Crippen LogP contribution in [-0.2, 0) is 17.6 Å². The highest BCUT2D eigenvalue weighted by Crippen LogP contribution is 2.36. The zero-order chi connectivity index (χ0) is 14.8. The number of nitrogen functional groups attached to an aromatic ring is 1. The SMILES string of the molecule is CCc1ccccc1Oc1cc2c(cc1N)NC(=O)CC2. The van der Waals surface area contributed by atoms with Gasteiger partial charge in [0.15, 0.2) is 5.75 Å². The number of fused-ring (bicyclic) bond motifs is 1. The third kappa shape index (κ3) is 2.70. The van der Waals surface area contributed by atoms with Crippen molar-refractivity contribution in [2.24, 2.45) is 0 Å². The molecule has 0 aliphatic carbocycles. The van der Waals surface area contributed by atoms with E-state index in [1.54, 1.807) is 6.07 Å². The van der Waals surface area contributed by atoms with Crippen LogP contribution in [0.25, 0.3) is 0 Å². The summed E-state index contributed by atoms with van der Waals surface area (Å²) in [6.07, 6.45) is 2.12. The number of carbonyl (C=O) groups is 1. The molecule has 0 spiro atoms. The Labute approximate surface area is 123 Å². The summed E-state index contributed by atoms with van der Waals surface area (Å²) >= 11 is 0. The molecule has 0 bridgehead atoms. The van der Waals surface area contributed by atoms with E-state index in [9.17, 15) is 4.79 Å². The Kier molecular flexibility index (Phi) is 3.52. The minimum absolute atomic E-state index is 0.0342. The molecule has 0 fully saturated rings. The molecule has 0 aromatic heterocycles. The van der Waals surface area contributed by atoms with Crippen LogP contribution >= 0.6 is 0 Å². The van der Waals surface area contributed by atoms with Crippen molar-refractivity contribution < 1.29 is 9.53 Å². The van der Waals surface area contributed by atoms with Gasteiger partial charge in [-0.3, -0.25) is 4.79 Å². The Morgan fingerprint density at radius 2 is 2.00 bits per heavy atom. The van der Waals surface area contributed by atoms with E-state index in [2.05, 4.69) is 12.2 Å². The first-order valence-electron chi connectivity index (χ1n) is 7.15. The molecule has 0 unspecified atom stereocenters. The summed E-state index contributed by atoms with van der Waals surface area (Å²) < 4.78 is 5.99. The van der Waals surface area contributed by atoms with Crippen molar-refractivity contribution in [2.75, 3.05) is 11.1 Å². The van der Waals surface area contributed by atoms with Gasteiger partial charge in [0.1, 0.15) is 5.75 Å². The normalized spacial score (nSPS) is 13.5. The maximum absolute atomic E-state index is 11.4. The monoisotopic (exact) mass is 282 g/mol. The molecule has 21 heavy (non-hydrogen) atoms. The Bertz CT molecular complexity index is 695. The van der Waals surface area contributed by atoms with E-state index in [1.165, 1.54) is 0 Å². The van der Waals surface area contributed by atoms with Crippen molar-refractivity contribution >= 4 is 17.3 Å². The van der Waals surface area contributed by atoms with Crippen molar-refractivity contribution in [3.05, 3.63) is 47.5 Å². The van der Waals surface area contributed by atoms with Gasteiger partial charge in [-0.1, -0.05) is 25.1 Å². The molecule has 1 heterocycles. The van der Waals surface area contributed by atoms with Crippen molar-refractivity contribution in [1.29, 1.82) is 0 Å². The van der Waals surface area contributed by atoms with Crippen LogP contribution in [0.4, 0.5) is 11.4 Å². The number of hydrogen-bond donors (Lipinski definition) is 2. The van der Waals surface area contributed by atoms with Crippen molar-refractivity contribution in [1.82, 2.24) is 0 Å². The second kappa shape index (κ2) is 5.48. The third-order valence-electron chi connectivity index (χ3n) is 3.70. The number of hydrogen-bond acceptors (Lipinski definition) is 3. The average Bonchev–Trinajstić information content (AvgIpc) is 2.49. The lowest BCUT2D eigenvalue weighted by molar-refractivity contribution is -0.116. The second-order valence-electron chi connectivity index (χ2n) is 5.16. The number of nitrogens with one attached hydrogen (secondary N) is 1. The standard InChI is InChI=1S/C17H18N2O2/c1-2-11-5-3-4-6-15(11)21-16-9-12-7-8-17(20)19-14(12)10-13(16)18/h3-6,9-10H,2,7-8,18H2,1H3,(H,19,20). The van der Waals surface area contributed by atoms with Gasteiger partial charge in [-0.15, -0.1) is 0 Å². The molecule has 0 saturated carbocycles. The minimum Gasteiger partial charge on any atom is -0.455 e. The Morgan fingerprint density at radius 1 is 1.19 bits per heavy atom. The first kappa shape index (κ1) is 13.5. The highest BCUT2D eigenvalue weighted by molar-refractivity contribution is 5.94. The van der Waals surface area contributed by atoms with Crippen molar-refractivity contribution in [2.45, 2.75) is 26.2 Å². The van der Waals surface area contributed by atoms with Gasteiger partial charge in [-0.2, -0.15) is 0 Å². The van der Waals surface area contributed by atoms with Gasteiger partial charge in [-0.05, 0) is 42.2 Å². The van der Waals surface area contributed by atoms with Crippen LogP contribution in [-0.4, -0.2) is 5.91 Å². The molecule has 1 amide bonds. The minimum atomic E-state index is 0.0342. The summed E-state index contributed by atoms with van der Waals surface area (Å²) in [5.41, 5.74) is 9.58. The first-order valence-corrected chi connectivity index (χ1v) is 7.15. The van der Waals surface area contributed by atoms with Crippen LogP contribution in [0.3, 0.4) is 0 Å². The summed E-state index contributed by atoms with van der Waals surface area (Å²) in [4.78, 5) is 11.4. The number of rotatable bonds is 3. The van der Waals surface area contributed by atoms with Crippen LogP contribution in [0, 0.1) is 0 Å². The second-order valence-corrected chi connectivity index (χ2v) is 5.16. The molecule has 108 valence electrons. The van der Waals surface area contributed by atoms with E-state index in [1.807, 2.05) is 30.3 Å². The number of amides is 1. The maximum atomic E-state index is 11.4. The average molecular weight is 282 g/mol. The zero-order valence-electron chi connectivity index (χ0n) is 12.0. The summed E-state index contributed by atoms with van der Waals surface area (Å²) in [6.45, 7) is 2.09. The number of ether oxygens (including phenoxy) is 1. The number of nitrogens with two attached hydrogens (primary N) is 1. The highest BCUT2D eigenvalue weighted by atomic mass is 16.5. The number of benzene rings is 2. The molecule has 4 nitrogen and oxygen atoms in total. The predicted molar refractivity (Wildman–Crippen MR) is 83.7 cm³/mol. The first-order chi connectivity index (χ1) is 10.2. The van der Waals surface area contributed by atoms with Crippen LogP contribution in [0.5, 0.6) is 11.5 Å². The maximum Gasteiger partial charge on any atom is 0.224 e. The van der Waals surface area contributed by atoms with Crippen molar-refractivity contribution in [3.63, 3.8) is 0 Å². The molecular weight excluding hydrogens is 264 g/mol. The summed E-state index contributed by atoms with van der Waals surface area (Å²) in [6, 6.07) is 11.6. The van der Waals surface area contributed by atoms with Crippen LogP contribution in [0.15, 0.2) is 36.4 Å². The number of aryl methyl sites for hydroxylation is 2. The van der Waals surface area contributed by atoms with Gasteiger partial charge in [0.2, 0.25) is 5.91 Å². The number of anilines is 2. The molecule has 2 aromatic rings. The molecule has 0 atom stereocenters. The lowest BCUT2D eigenvalue weighted by Crippen LogP contribution is -2.19. The van der Waals surface area contributed by atoms with Gasteiger partial charge in [0, 0.05) is 12.1 Å². The molecule has 2 aromatic carbocycles. The summed E-state index contributed by atoms with van der Waals surface area (Å²) in [5, 5.41) is 2.84. The molecule has 4 heteroatoms. The topological polar surface area (TPSA) is 64.3 Å². The Morgan fingerprint density at radius 3 is 2.81 bits per heavy atom. The molecule has 0 saturated heterocycles. The smallest absolute Gasteiger partial charge is 0.224 e. The van der Waals surface area contributed by atoms with E-state index < -0.39 is 0 Å². The molecular formula is C17H18N2O2. The van der Waals surface area contributed by atoms with Crippen LogP contribution in [0.2, 0.25) is 0 Å². The quantitative estimate of drug-likeness (QED) is 0.847. The molecule has 3 rings (SSSR count). The fraction of sp³-hybridized carbons (Fsp3) is 0.235. The predicted octanol–water partition coefficient (Wildman–Crippen LogP) is 3.51. The molecule has 1 aliphatic rings. The van der Waals surface area contributed by atoms with E-state index in [0.29, 0.717) is 24.3 Å². The van der Waals surface area contributed by atoms with E-state index in [-0.39, 0.29) is 5.91 Å². The molecule has 3 N–H and O–H groups in total. The number of para-hydroxylation sites is 1. The molecule has 0 radical (unpaired) electrons. The Balaban J connectivity index is 1.94. The van der Waals surface area contributed by atoms with Gasteiger partial charge in [-0.25, -0.2) is 0 Å². The van der Waals surface area contributed by atoms with Gasteiger partial charge in [0.05, 0.1) is 5.69 Å². The zero-order valence-corrected chi connectivity index (χ0v) is 12.0. The highest BCUT2D eigenvalue weighted by Gasteiger charge is 2.17. The largest absolute Gasteiger partial charge is 0.455 e. The van der Waals surface area contributed by atoms with Gasteiger partial charge in [0.25, 0.3) is 0 Å². The summed E-state index contributed by atoms with van der Waals surface area (Å²) in [7, 11) is 0. The lowest BCUT2D eigenvalue weighted by Gasteiger charge is -2.19. The van der Waals surface area contributed by atoms with Gasteiger partial charge < -0.3 is 15.8 Å². The van der Waals surface area contributed by atoms with E-state index >= 15 is 0 Å². The van der Waals surface area contributed by atoms with Crippen LogP contribution in [0.1, 0.15) is 24.5 Å². The van der Waals surface area contributed by atoms with E-state index in [4.69, 9.17) is 10.5 Å². The lowest BCUT2D eigenvalue weighted by atomic mass is 10.0. The van der Waals surface area contributed by atoms with Gasteiger partial charge >= 0.3 is 0 Å². The third-order valence-corrected chi connectivity index (χ3v) is 3.70. The Hall–Kier alpha value is -2.49. The van der Waals surface area contributed by atoms with Crippen LogP contribution < -0.4 is 15.8 Å². The summed E-state index contributed by atoms with van der Waals surface area (Å²) in [5.74, 6) is 1.50. The fourth-order valence-electron chi connectivity index (χ4n) is 2.53. The number of carbonyl (C=O) groups excluding carboxylic acids is 1. The van der Waals surface area contributed by atoms with E-state index in [0.717, 1.165) is 29.0 Å². The van der Waals surface area contributed by atoms with Crippen molar-refractivity contribution in [3.8, 4) is 11.5 Å². The fourth-order valence-corrected chi connectivity index (χ4v) is 2.53.